The molecule has 10 nitrogen and oxygen atoms in total. The van der Waals surface area contributed by atoms with Crippen LogP contribution in [0.1, 0.15) is 5.69 Å². The van der Waals surface area contributed by atoms with Crippen LogP contribution in [0.5, 0.6) is 0 Å². The Morgan fingerprint density at radius 1 is 1.52 bits per heavy atom. The number of carbonyl (C=O) groups is 1. The molecule has 0 atom stereocenters. The van der Waals surface area contributed by atoms with Gasteiger partial charge in [-0.3, -0.25) is 4.18 Å². The van der Waals surface area contributed by atoms with E-state index in [9.17, 15) is 13.2 Å². The number of nitrogen functional groups attached to an aromatic ring is 1. The highest BCUT2D eigenvalue weighted by Crippen LogP contribution is 2.13. The van der Waals surface area contributed by atoms with Crippen molar-refractivity contribution in [3.05, 3.63) is 11.1 Å². The summed E-state index contributed by atoms with van der Waals surface area (Å²) in [4.78, 5) is 20.1. The van der Waals surface area contributed by atoms with Crippen molar-refractivity contribution in [3.8, 4) is 0 Å². The molecule has 0 amide bonds. The summed E-state index contributed by atoms with van der Waals surface area (Å²) < 4.78 is 32.7. The van der Waals surface area contributed by atoms with Crippen LogP contribution < -0.4 is 5.73 Å². The second-order valence-corrected chi connectivity index (χ2v) is 5.70. The first-order chi connectivity index (χ1) is 9.75. The second-order valence-electron chi connectivity index (χ2n) is 3.64. The van der Waals surface area contributed by atoms with Gasteiger partial charge in [0.15, 0.2) is 5.13 Å². The van der Waals surface area contributed by atoms with E-state index < -0.39 is 22.1 Å². The summed E-state index contributed by atoms with van der Waals surface area (Å²) >= 11 is 1.04. The lowest BCUT2D eigenvalue weighted by molar-refractivity contribution is -0.466. The van der Waals surface area contributed by atoms with Crippen molar-refractivity contribution in [2.75, 3.05) is 26.9 Å². The van der Waals surface area contributed by atoms with Gasteiger partial charge in [0.2, 0.25) is 5.71 Å². The van der Waals surface area contributed by atoms with Crippen LogP contribution in [0.4, 0.5) is 5.13 Å². The van der Waals surface area contributed by atoms with Gasteiger partial charge >= 0.3 is 22.8 Å². The number of hydrogen-bond acceptors (Lipinski definition) is 10. The summed E-state index contributed by atoms with van der Waals surface area (Å²) in [5.74, 6) is -1.31. The molecule has 0 aliphatic heterocycles. The van der Waals surface area contributed by atoms with E-state index in [1.807, 2.05) is 0 Å². The molecule has 0 fully saturated rings. The number of rotatable bonds is 6. The van der Waals surface area contributed by atoms with E-state index in [1.165, 1.54) is 31.2 Å². The molecule has 0 saturated carbocycles. The van der Waals surface area contributed by atoms with E-state index in [1.54, 1.807) is 0 Å². The third-order valence-corrected chi connectivity index (χ3v) is 3.04. The minimum Gasteiger partial charge on any atom is -0.398 e. The standard InChI is InChI=1S/C9H13N4O6S2/c1-13(2)5-18-21(15,16)19-8(14)7(12-17-3)6-4-20-9(10)11-6/h4-5H,1-3H3,(H2,10,11)/q+1/b12-7-. The maximum Gasteiger partial charge on any atom is 0.508 e. The molecule has 0 unspecified atom stereocenters. The maximum absolute atomic E-state index is 11.8. The number of hydrogen-bond donors (Lipinski definition) is 1. The predicted molar refractivity (Wildman–Crippen MR) is 74.3 cm³/mol. The summed E-state index contributed by atoms with van der Waals surface area (Å²) in [6.07, 6.45) is 0.844. The van der Waals surface area contributed by atoms with E-state index in [2.05, 4.69) is 23.3 Å². The lowest BCUT2D eigenvalue weighted by Gasteiger charge is -2.03. The van der Waals surface area contributed by atoms with Crippen molar-refractivity contribution in [2.45, 2.75) is 0 Å². The van der Waals surface area contributed by atoms with Crippen molar-refractivity contribution < 1.29 is 31.0 Å². The molecule has 1 aromatic heterocycles. The quantitative estimate of drug-likeness (QED) is 0.308. The molecule has 1 aromatic rings. The van der Waals surface area contributed by atoms with Gasteiger partial charge in [-0.2, -0.15) is 0 Å². The van der Waals surface area contributed by atoms with E-state index in [0.29, 0.717) is 0 Å². The molecular formula is C9H13N4O6S2+. The van der Waals surface area contributed by atoms with Crippen LogP contribution in [0.2, 0.25) is 0 Å². The molecule has 21 heavy (non-hydrogen) atoms. The third-order valence-electron chi connectivity index (χ3n) is 1.69. The number of thiazole rings is 1. The van der Waals surface area contributed by atoms with Crippen LogP contribution in [-0.4, -0.2) is 57.3 Å². The molecule has 0 spiro atoms. The Morgan fingerprint density at radius 3 is 2.67 bits per heavy atom. The first kappa shape index (κ1) is 16.8. The van der Waals surface area contributed by atoms with Gasteiger partial charge in [0.1, 0.15) is 26.9 Å². The van der Waals surface area contributed by atoms with Crippen LogP contribution in [0.25, 0.3) is 0 Å². The number of oxime groups is 1. The van der Waals surface area contributed by atoms with Crippen molar-refractivity contribution >= 4 is 44.9 Å². The minimum atomic E-state index is -4.58. The molecule has 1 rings (SSSR count). The zero-order chi connectivity index (χ0) is 16.0. The van der Waals surface area contributed by atoms with Gasteiger partial charge in [0.05, 0.1) is 0 Å². The fourth-order valence-electron chi connectivity index (χ4n) is 0.967. The van der Waals surface area contributed by atoms with Gasteiger partial charge in [-0.15, -0.1) is 19.8 Å². The molecule has 0 aromatic carbocycles. The highest BCUT2D eigenvalue weighted by Gasteiger charge is 2.27. The zero-order valence-corrected chi connectivity index (χ0v) is 13.0. The first-order valence-electron chi connectivity index (χ1n) is 5.24. The number of aromatic nitrogens is 1. The maximum atomic E-state index is 11.8. The summed E-state index contributed by atoms with van der Waals surface area (Å²) in [5.41, 5.74) is 5.00. The van der Waals surface area contributed by atoms with E-state index in [-0.39, 0.29) is 10.8 Å². The highest BCUT2D eigenvalue weighted by molar-refractivity contribution is 7.82. The molecular weight excluding hydrogens is 324 g/mol. The van der Waals surface area contributed by atoms with Gasteiger partial charge in [-0.25, -0.2) is 14.4 Å². The molecule has 2 N–H and O–H groups in total. The lowest BCUT2D eigenvalue weighted by Crippen LogP contribution is -2.24. The highest BCUT2D eigenvalue weighted by atomic mass is 32.3. The molecule has 116 valence electrons. The molecule has 0 aliphatic carbocycles. The fourth-order valence-corrected chi connectivity index (χ4v) is 2.10. The third kappa shape index (κ3) is 5.35. The van der Waals surface area contributed by atoms with Gasteiger partial charge in [0, 0.05) is 5.38 Å². The number of carbonyl (C=O) groups excluding carboxylic acids is 1. The smallest absolute Gasteiger partial charge is 0.398 e. The number of anilines is 1. The first-order valence-corrected chi connectivity index (χ1v) is 7.46. The van der Waals surface area contributed by atoms with Crippen LogP contribution >= 0.6 is 11.3 Å². The molecule has 1 heterocycles. The minimum absolute atomic E-state index is 0.0242. The second kappa shape index (κ2) is 6.99. The Hall–Kier alpha value is -2.21. The van der Waals surface area contributed by atoms with Gasteiger partial charge < -0.3 is 14.8 Å². The predicted octanol–water partition coefficient (Wildman–Crippen LogP) is -0.819. The Labute approximate surface area is 124 Å². The molecule has 0 bridgehead atoms. The Morgan fingerprint density at radius 2 is 2.19 bits per heavy atom. The normalized spacial score (nSPS) is 11.7. The van der Waals surface area contributed by atoms with Crippen LogP contribution in [-0.2, 0) is 28.4 Å². The van der Waals surface area contributed by atoms with E-state index in [0.717, 1.165) is 17.7 Å². The Bertz CT molecular complexity index is 674. The van der Waals surface area contributed by atoms with Gasteiger partial charge in [-0.1, -0.05) is 5.16 Å². The fraction of sp³-hybridized carbons (Fsp3) is 0.333. The van der Waals surface area contributed by atoms with Crippen molar-refractivity contribution in [2.24, 2.45) is 5.16 Å². The van der Waals surface area contributed by atoms with Crippen LogP contribution in [0.3, 0.4) is 0 Å². The van der Waals surface area contributed by atoms with Crippen LogP contribution in [0, 0.1) is 0 Å². The molecule has 0 aliphatic rings. The van der Waals surface area contributed by atoms with Gasteiger partial charge in [-0.05, 0) is 0 Å². The van der Waals surface area contributed by atoms with E-state index in [4.69, 9.17) is 5.73 Å². The van der Waals surface area contributed by atoms with Crippen molar-refractivity contribution in [3.63, 3.8) is 0 Å². The number of nitrogens with two attached hydrogens (primary N) is 1. The van der Waals surface area contributed by atoms with Crippen molar-refractivity contribution in [1.82, 2.24) is 4.98 Å². The summed E-state index contributed by atoms with van der Waals surface area (Å²) in [6.45, 7) is 0. The monoisotopic (exact) mass is 337 g/mol. The number of nitrogens with zero attached hydrogens (tertiary/aromatic N) is 3. The Balaban J connectivity index is 2.94. The van der Waals surface area contributed by atoms with Gasteiger partial charge in [0.25, 0.3) is 0 Å². The lowest BCUT2D eigenvalue weighted by atomic mass is 10.3. The summed E-state index contributed by atoms with van der Waals surface area (Å²) in [7, 11) is -0.363. The largest absolute Gasteiger partial charge is 0.508 e. The average Bonchev–Trinajstić information content (AvgIpc) is 2.79. The van der Waals surface area contributed by atoms with E-state index >= 15 is 0 Å². The Kier molecular flexibility index (Phi) is 5.60. The molecule has 0 saturated heterocycles. The summed E-state index contributed by atoms with van der Waals surface area (Å²) in [5, 5.41) is 4.94. The topological polar surface area (TPSA) is 133 Å². The SMILES string of the molecule is CO/N=C(\C(=O)OS(=O)(=O)OC=[N+](C)C)c1csc(N)n1. The average molecular weight is 337 g/mol. The molecule has 12 heteroatoms. The molecule has 0 radical (unpaired) electrons. The van der Waals surface area contributed by atoms with Crippen LogP contribution in [0.15, 0.2) is 10.5 Å². The summed E-state index contributed by atoms with van der Waals surface area (Å²) in [6, 6.07) is 0. The zero-order valence-electron chi connectivity index (χ0n) is 11.3. The van der Waals surface area contributed by atoms with Crippen molar-refractivity contribution in [1.29, 1.82) is 0 Å².